The van der Waals surface area contributed by atoms with Crippen molar-refractivity contribution in [3.05, 3.63) is 0 Å². The molecule has 0 aliphatic carbocycles. The Kier molecular flexibility index (Phi) is 9.87. The molecule has 2 fully saturated rings. The summed E-state index contributed by atoms with van der Waals surface area (Å²) in [6.07, 6.45) is 5.83. The van der Waals surface area contributed by atoms with E-state index in [1.165, 1.54) is 25.9 Å². The average molecular weight is 340 g/mol. The van der Waals surface area contributed by atoms with Crippen LogP contribution in [0.5, 0.6) is 0 Å². The van der Waals surface area contributed by atoms with Gasteiger partial charge in [-0.2, -0.15) is 0 Å². The molecule has 2 rings (SSSR count). The number of halogens is 2. The summed E-state index contributed by atoms with van der Waals surface area (Å²) in [4.78, 5) is 14.6. The number of hydrogen-bond donors (Lipinski definition) is 2. The molecule has 1 unspecified atom stereocenters. The predicted molar refractivity (Wildman–Crippen MR) is 92.6 cm³/mol. The van der Waals surface area contributed by atoms with Crippen molar-refractivity contribution in [1.82, 2.24) is 15.5 Å². The number of nitrogens with zero attached hydrogens (tertiary/aromatic N) is 1. The standard InChI is InChI=1S/C15H29N3O.2ClH/c1-15(7-3-8-16-12-15)14(19)17-9-4-13-5-10-18(2)11-6-13;;/h13,16H,3-12H2,1-2H3,(H,17,19);2*1H. The first-order chi connectivity index (χ1) is 9.10. The molecule has 0 aromatic heterocycles. The van der Waals surface area contributed by atoms with E-state index in [2.05, 4.69) is 29.5 Å². The maximum atomic E-state index is 12.3. The summed E-state index contributed by atoms with van der Waals surface area (Å²) in [6.45, 7) is 7.24. The molecular weight excluding hydrogens is 309 g/mol. The fourth-order valence-electron chi connectivity index (χ4n) is 3.20. The summed E-state index contributed by atoms with van der Waals surface area (Å²) in [5, 5.41) is 6.49. The quantitative estimate of drug-likeness (QED) is 0.824. The van der Waals surface area contributed by atoms with Crippen molar-refractivity contribution in [1.29, 1.82) is 0 Å². The topological polar surface area (TPSA) is 44.4 Å². The number of amides is 1. The van der Waals surface area contributed by atoms with Crippen LogP contribution in [-0.2, 0) is 4.79 Å². The Labute approximate surface area is 141 Å². The van der Waals surface area contributed by atoms with E-state index in [-0.39, 0.29) is 36.1 Å². The van der Waals surface area contributed by atoms with E-state index in [9.17, 15) is 4.79 Å². The van der Waals surface area contributed by atoms with E-state index in [0.717, 1.165) is 44.8 Å². The molecule has 1 atom stereocenters. The van der Waals surface area contributed by atoms with Crippen LogP contribution < -0.4 is 10.6 Å². The number of likely N-dealkylation sites (tertiary alicyclic amines) is 1. The molecule has 6 heteroatoms. The van der Waals surface area contributed by atoms with Gasteiger partial charge in [0.1, 0.15) is 0 Å². The van der Waals surface area contributed by atoms with E-state index in [1.54, 1.807) is 0 Å². The zero-order valence-electron chi connectivity index (χ0n) is 13.3. The molecule has 0 aromatic rings. The van der Waals surface area contributed by atoms with E-state index >= 15 is 0 Å². The third-order valence-electron chi connectivity index (χ3n) is 4.82. The van der Waals surface area contributed by atoms with Crippen LogP contribution in [-0.4, -0.2) is 50.6 Å². The molecule has 2 aliphatic heterocycles. The van der Waals surface area contributed by atoms with Crippen LogP contribution in [0.15, 0.2) is 0 Å². The van der Waals surface area contributed by atoms with Gasteiger partial charge in [0.15, 0.2) is 0 Å². The Balaban J connectivity index is 0.00000200. The Hall–Kier alpha value is -0.0300. The first-order valence-electron chi connectivity index (χ1n) is 7.78. The van der Waals surface area contributed by atoms with Crippen molar-refractivity contribution in [3.63, 3.8) is 0 Å². The Morgan fingerprint density at radius 1 is 1.33 bits per heavy atom. The molecule has 0 saturated carbocycles. The maximum Gasteiger partial charge on any atom is 0.227 e. The third kappa shape index (κ3) is 6.31. The van der Waals surface area contributed by atoms with Crippen molar-refractivity contribution >= 4 is 30.7 Å². The second kappa shape index (κ2) is 9.88. The molecule has 1 amide bonds. The third-order valence-corrected chi connectivity index (χ3v) is 4.82. The van der Waals surface area contributed by atoms with Gasteiger partial charge in [-0.05, 0) is 71.6 Å². The zero-order valence-corrected chi connectivity index (χ0v) is 15.0. The molecule has 2 N–H and O–H groups in total. The fourth-order valence-corrected chi connectivity index (χ4v) is 3.20. The molecular formula is C15H31Cl2N3O. The highest BCUT2D eigenvalue weighted by molar-refractivity contribution is 5.85. The molecule has 4 nitrogen and oxygen atoms in total. The number of carbonyl (C=O) groups excluding carboxylic acids is 1. The SMILES string of the molecule is CN1CCC(CCNC(=O)C2(C)CCCNC2)CC1.Cl.Cl. The van der Waals surface area contributed by atoms with E-state index < -0.39 is 0 Å². The van der Waals surface area contributed by atoms with Gasteiger partial charge < -0.3 is 15.5 Å². The molecule has 0 aromatic carbocycles. The van der Waals surface area contributed by atoms with Gasteiger partial charge in [-0.3, -0.25) is 4.79 Å². The van der Waals surface area contributed by atoms with Crippen LogP contribution in [0.25, 0.3) is 0 Å². The van der Waals surface area contributed by atoms with E-state index in [0.29, 0.717) is 0 Å². The van der Waals surface area contributed by atoms with Gasteiger partial charge >= 0.3 is 0 Å². The lowest BCUT2D eigenvalue weighted by Crippen LogP contribution is -2.49. The van der Waals surface area contributed by atoms with Crippen LogP contribution in [0, 0.1) is 11.3 Å². The number of rotatable bonds is 4. The van der Waals surface area contributed by atoms with Gasteiger partial charge in [-0.15, -0.1) is 24.8 Å². The van der Waals surface area contributed by atoms with E-state index in [4.69, 9.17) is 0 Å². The number of hydrogen-bond acceptors (Lipinski definition) is 3. The highest BCUT2D eigenvalue weighted by Gasteiger charge is 2.34. The maximum absolute atomic E-state index is 12.3. The molecule has 0 radical (unpaired) electrons. The molecule has 0 spiro atoms. The summed E-state index contributed by atoms with van der Waals surface area (Å²) in [5.41, 5.74) is -0.189. The molecule has 126 valence electrons. The minimum Gasteiger partial charge on any atom is -0.356 e. The van der Waals surface area contributed by atoms with Crippen LogP contribution in [0.3, 0.4) is 0 Å². The summed E-state index contributed by atoms with van der Waals surface area (Å²) in [5.74, 6) is 1.04. The van der Waals surface area contributed by atoms with Crippen LogP contribution >= 0.6 is 24.8 Å². The zero-order chi connectivity index (χ0) is 13.7. The van der Waals surface area contributed by atoms with Crippen LogP contribution in [0.1, 0.15) is 39.0 Å². The number of carbonyl (C=O) groups is 1. The lowest BCUT2D eigenvalue weighted by atomic mass is 9.82. The second-order valence-electron chi connectivity index (χ2n) is 6.63. The fraction of sp³-hybridized carbons (Fsp3) is 0.933. The van der Waals surface area contributed by atoms with Crippen molar-refractivity contribution < 1.29 is 4.79 Å². The van der Waals surface area contributed by atoms with Gasteiger partial charge in [0.2, 0.25) is 5.91 Å². The van der Waals surface area contributed by atoms with Crippen LogP contribution in [0.4, 0.5) is 0 Å². The Bertz CT molecular complexity index is 301. The minimum absolute atomic E-state index is 0. The van der Waals surface area contributed by atoms with Gasteiger partial charge in [0.05, 0.1) is 5.41 Å². The summed E-state index contributed by atoms with van der Waals surface area (Å²) >= 11 is 0. The Morgan fingerprint density at radius 2 is 2.00 bits per heavy atom. The largest absolute Gasteiger partial charge is 0.356 e. The van der Waals surface area contributed by atoms with Crippen molar-refractivity contribution in [2.45, 2.75) is 39.0 Å². The lowest BCUT2D eigenvalue weighted by molar-refractivity contribution is -0.131. The highest BCUT2D eigenvalue weighted by atomic mass is 35.5. The first kappa shape index (κ1) is 21.0. The van der Waals surface area contributed by atoms with Crippen molar-refractivity contribution in [3.8, 4) is 0 Å². The summed E-state index contributed by atoms with van der Waals surface area (Å²) in [6, 6.07) is 0. The molecule has 2 aliphatic rings. The Morgan fingerprint density at radius 3 is 2.57 bits per heavy atom. The average Bonchev–Trinajstić information content (AvgIpc) is 2.42. The van der Waals surface area contributed by atoms with Gasteiger partial charge in [-0.25, -0.2) is 0 Å². The van der Waals surface area contributed by atoms with Gasteiger partial charge in [0, 0.05) is 13.1 Å². The highest BCUT2D eigenvalue weighted by Crippen LogP contribution is 2.25. The number of piperidine rings is 2. The first-order valence-corrected chi connectivity index (χ1v) is 7.78. The second-order valence-corrected chi connectivity index (χ2v) is 6.63. The lowest BCUT2D eigenvalue weighted by Gasteiger charge is -2.33. The smallest absolute Gasteiger partial charge is 0.227 e. The normalized spacial score (nSPS) is 27.3. The minimum atomic E-state index is -0.189. The van der Waals surface area contributed by atoms with Crippen molar-refractivity contribution in [2.24, 2.45) is 11.3 Å². The van der Waals surface area contributed by atoms with E-state index in [1.807, 2.05) is 0 Å². The molecule has 2 saturated heterocycles. The summed E-state index contributed by atoms with van der Waals surface area (Å²) in [7, 11) is 2.19. The van der Waals surface area contributed by atoms with Gasteiger partial charge in [-0.1, -0.05) is 0 Å². The van der Waals surface area contributed by atoms with Crippen LogP contribution in [0.2, 0.25) is 0 Å². The molecule has 0 bridgehead atoms. The van der Waals surface area contributed by atoms with Gasteiger partial charge in [0.25, 0.3) is 0 Å². The predicted octanol–water partition coefficient (Wildman–Crippen LogP) is 2.07. The number of nitrogens with one attached hydrogen (secondary N) is 2. The monoisotopic (exact) mass is 339 g/mol. The molecule has 2 heterocycles. The summed E-state index contributed by atoms with van der Waals surface area (Å²) < 4.78 is 0. The van der Waals surface area contributed by atoms with Crippen molar-refractivity contribution in [2.75, 3.05) is 39.8 Å². The molecule has 21 heavy (non-hydrogen) atoms.